The van der Waals surface area contributed by atoms with Crippen LogP contribution in [0.4, 0.5) is 0 Å². The van der Waals surface area contributed by atoms with Crippen LogP contribution < -0.4 is 0 Å². The molecule has 1 heteroatoms. The minimum atomic E-state index is 0.165. The molecule has 1 rings (SSSR count). The number of hydrogen-bond acceptors (Lipinski definition) is 1. The van der Waals surface area contributed by atoms with Crippen LogP contribution in [0.25, 0.3) is 0 Å². The van der Waals surface area contributed by atoms with E-state index in [2.05, 4.69) is 24.3 Å². The molecule has 0 saturated heterocycles. The molecule has 1 N–H and O–H groups in total. The highest BCUT2D eigenvalue weighted by Crippen LogP contribution is 2.06. The number of aliphatic hydroxyl groups excluding tert-OH is 1. The Morgan fingerprint density at radius 1 is 1.00 bits per heavy atom. The monoisotopic (exact) mass is 190 g/mol. The Bertz CT molecular complexity index is 251. The summed E-state index contributed by atoms with van der Waals surface area (Å²) in [5.41, 5.74) is 1.42. The summed E-state index contributed by atoms with van der Waals surface area (Å²) in [6.45, 7) is 0.165. The molecule has 0 saturated carbocycles. The summed E-state index contributed by atoms with van der Waals surface area (Å²) >= 11 is 0. The Kier molecular flexibility index (Phi) is 5.76. The van der Waals surface area contributed by atoms with Crippen LogP contribution in [0.1, 0.15) is 24.8 Å². The van der Waals surface area contributed by atoms with Gasteiger partial charge < -0.3 is 5.11 Å². The van der Waals surface area contributed by atoms with E-state index in [4.69, 9.17) is 5.11 Å². The normalized spacial score (nSPS) is 10.9. The third-order valence-electron chi connectivity index (χ3n) is 2.20. The van der Waals surface area contributed by atoms with Crippen molar-refractivity contribution >= 4 is 0 Å². The van der Waals surface area contributed by atoms with Crippen LogP contribution in [0.5, 0.6) is 0 Å². The molecule has 0 amide bonds. The van der Waals surface area contributed by atoms with Crippen LogP contribution >= 0.6 is 0 Å². The number of aryl methyl sites for hydroxylation is 1. The highest BCUT2D eigenvalue weighted by atomic mass is 16.2. The first-order valence-electron chi connectivity index (χ1n) is 5.23. The topological polar surface area (TPSA) is 20.2 Å². The SMILES string of the molecule is OC/C=C/CCCCc1ccccc1. The number of rotatable bonds is 6. The molecule has 0 aliphatic carbocycles. The fraction of sp³-hybridized carbons (Fsp3) is 0.385. The minimum Gasteiger partial charge on any atom is -0.392 e. The average molecular weight is 190 g/mol. The smallest absolute Gasteiger partial charge is 0.0612 e. The maximum absolute atomic E-state index is 8.51. The van der Waals surface area contributed by atoms with Crippen molar-refractivity contribution < 1.29 is 5.11 Å². The van der Waals surface area contributed by atoms with Gasteiger partial charge in [-0.3, -0.25) is 0 Å². The van der Waals surface area contributed by atoms with E-state index in [9.17, 15) is 0 Å². The van der Waals surface area contributed by atoms with Crippen molar-refractivity contribution in [2.45, 2.75) is 25.7 Å². The summed E-state index contributed by atoms with van der Waals surface area (Å²) in [7, 11) is 0. The Balaban J connectivity index is 2.07. The third kappa shape index (κ3) is 4.83. The highest BCUT2D eigenvalue weighted by molar-refractivity contribution is 5.14. The Morgan fingerprint density at radius 3 is 2.50 bits per heavy atom. The van der Waals surface area contributed by atoms with Crippen molar-refractivity contribution in [2.24, 2.45) is 0 Å². The molecule has 1 aromatic carbocycles. The van der Waals surface area contributed by atoms with Gasteiger partial charge in [0.1, 0.15) is 0 Å². The van der Waals surface area contributed by atoms with Crippen LogP contribution in [-0.4, -0.2) is 11.7 Å². The summed E-state index contributed by atoms with van der Waals surface area (Å²) in [4.78, 5) is 0. The molecule has 0 aliphatic heterocycles. The molecular weight excluding hydrogens is 172 g/mol. The number of unbranched alkanes of at least 4 members (excludes halogenated alkanes) is 2. The second-order valence-electron chi connectivity index (χ2n) is 3.39. The zero-order valence-electron chi connectivity index (χ0n) is 8.52. The molecule has 0 unspecified atom stereocenters. The van der Waals surface area contributed by atoms with E-state index in [0.717, 1.165) is 12.8 Å². The average Bonchev–Trinajstić information content (AvgIpc) is 2.25. The molecule has 0 fully saturated rings. The van der Waals surface area contributed by atoms with Gasteiger partial charge in [0.25, 0.3) is 0 Å². The van der Waals surface area contributed by atoms with Crippen molar-refractivity contribution in [2.75, 3.05) is 6.61 Å². The van der Waals surface area contributed by atoms with Crippen LogP contribution in [-0.2, 0) is 6.42 Å². The molecule has 76 valence electrons. The molecule has 0 bridgehead atoms. The van der Waals surface area contributed by atoms with E-state index in [-0.39, 0.29) is 6.61 Å². The van der Waals surface area contributed by atoms with Gasteiger partial charge in [0.15, 0.2) is 0 Å². The van der Waals surface area contributed by atoms with E-state index in [1.807, 2.05) is 18.2 Å². The molecular formula is C13H18O. The number of allylic oxidation sites excluding steroid dienone is 1. The van der Waals surface area contributed by atoms with Gasteiger partial charge in [-0.05, 0) is 31.2 Å². The van der Waals surface area contributed by atoms with E-state index in [0.29, 0.717) is 0 Å². The first-order chi connectivity index (χ1) is 6.93. The standard InChI is InChI=1S/C13H18O/c14-12-8-3-1-2-5-9-13-10-6-4-7-11-13/h3-4,6-8,10-11,14H,1-2,5,9,12H2/b8-3+. The van der Waals surface area contributed by atoms with E-state index in [1.165, 1.54) is 18.4 Å². The van der Waals surface area contributed by atoms with Crippen molar-refractivity contribution in [1.82, 2.24) is 0 Å². The van der Waals surface area contributed by atoms with Gasteiger partial charge in [-0.15, -0.1) is 0 Å². The maximum Gasteiger partial charge on any atom is 0.0612 e. The Hall–Kier alpha value is -1.08. The van der Waals surface area contributed by atoms with Crippen molar-refractivity contribution in [3.63, 3.8) is 0 Å². The van der Waals surface area contributed by atoms with Gasteiger partial charge in [0, 0.05) is 0 Å². The second kappa shape index (κ2) is 7.34. The molecule has 0 radical (unpaired) electrons. The first kappa shape index (κ1) is 11.0. The molecule has 0 aliphatic rings. The lowest BCUT2D eigenvalue weighted by atomic mass is 10.1. The predicted molar refractivity (Wildman–Crippen MR) is 60.2 cm³/mol. The summed E-state index contributed by atoms with van der Waals surface area (Å²) in [5.74, 6) is 0. The van der Waals surface area contributed by atoms with E-state index >= 15 is 0 Å². The third-order valence-corrected chi connectivity index (χ3v) is 2.20. The predicted octanol–water partition coefficient (Wildman–Crippen LogP) is 2.95. The largest absolute Gasteiger partial charge is 0.392 e. The molecule has 0 aromatic heterocycles. The molecule has 1 nitrogen and oxygen atoms in total. The molecule has 0 atom stereocenters. The van der Waals surface area contributed by atoms with Crippen LogP contribution in [0.2, 0.25) is 0 Å². The number of aliphatic hydroxyl groups is 1. The van der Waals surface area contributed by atoms with Gasteiger partial charge in [0.05, 0.1) is 6.61 Å². The zero-order valence-corrected chi connectivity index (χ0v) is 8.52. The maximum atomic E-state index is 8.51. The zero-order chi connectivity index (χ0) is 10.1. The van der Waals surface area contributed by atoms with E-state index in [1.54, 1.807) is 0 Å². The quantitative estimate of drug-likeness (QED) is 0.540. The Morgan fingerprint density at radius 2 is 1.79 bits per heavy atom. The lowest BCUT2D eigenvalue weighted by molar-refractivity contribution is 0.342. The van der Waals surface area contributed by atoms with Gasteiger partial charge in [-0.2, -0.15) is 0 Å². The lowest BCUT2D eigenvalue weighted by Crippen LogP contribution is -1.84. The van der Waals surface area contributed by atoms with Gasteiger partial charge in [0.2, 0.25) is 0 Å². The highest BCUT2D eigenvalue weighted by Gasteiger charge is 1.90. The fourth-order valence-electron chi connectivity index (χ4n) is 1.43. The van der Waals surface area contributed by atoms with Gasteiger partial charge >= 0.3 is 0 Å². The van der Waals surface area contributed by atoms with Crippen molar-refractivity contribution in [3.05, 3.63) is 48.0 Å². The van der Waals surface area contributed by atoms with Crippen LogP contribution in [0.3, 0.4) is 0 Å². The summed E-state index contributed by atoms with van der Waals surface area (Å²) in [5, 5.41) is 8.51. The lowest BCUT2D eigenvalue weighted by Gasteiger charge is -1.98. The molecule has 0 spiro atoms. The van der Waals surface area contributed by atoms with Crippen LogP contribution in [0, 0.1) is 0 Å². The van der Waals surface area contributed by atoms with E-state index < -0.39 is 0 Å². The van der Waals surface area contributed by atoms with Crippen molar-refractivity contribution in [3.8, 4) is 0 Å². The molecule has 1 aromatic rings. The van der Waals surface area contributed by atoms with Crippen LogP contribution in [0.15, 0.2) is 42.5 Å². The molecule has 14 heavy (non-hydrogen) atoms. The fourth-order valence-corrected chi connectivity index (χ4v) is 1.43. The summed E-state index contributed by atoms with van der Waals surface area (Å²) in [6, 6.07) is 10.6. The van der Waals surface area contributed by atoms with Gasteiger partial charge in [-0.25, -0.2) is 0 Å². The second-order valence-corrected chi connectivity index (χ2v) is 3.39. The summed E-state index contributed by atoms with van der Waals surface area (Å²) in [6.07, 6.45) is 8.51. The van der Waals surface area contributed by atoms with Gasteiger partial charge in [-0.1, -0.05) is 42.5 Å². The summed E-state index contributed by atoms with van der Waals surface area (Å²) < 4.78 is 0. The first-order valence-corrected chi connectivity index (χ1v) is 5.23. The number of hydrogen-bond donors (Lipinski definition) is 1. The minimum absolute atomic E-state index is 0.165. The molecule has 0 heterocycles. The Labute approximate surface area is 86.1 Å². The van der Waals surface area contributed by atoms with Crippen molar-refractivity contribution in [1.29, 1.82) is 0 Å². The number of benzene rings is 1.